The predicted molar refractivity (Wildman–Crippen MR) is 63.0 cm³/mol. The van der Waals surface area contributed by atoms with Crippen molar-refractivity contribution in [3.05, 3.63) is 35.4 Å². The molecule has 1 amide bonds. The van der Waals surface area contributed by atoms with Crippen molar-refractivity contribution >= 4 is 17.5 Å². The molecule has 1 aromatic rings. The van der Waals surface area contributed by atoms with E-state index in [-0.39, 0.29) is 18.2 Å². The Hall–Kier alpha value is -1.16. The van der Waals surface area contributed by atoms with Crippen LogP contribution in [-0.4, -0.2) is 18.3 Å². The first-order valence-corrected chi connectivity index (χ1v) is 5.83. The summed E-state index contributed by atoms with van der Waals surface area (Å²) in [6, 6.07) is 3.43. The van der Waals surface area contributed by atoms with Gasteiger partial charge in [-0.05, 0) is 23.6 Å². The summed E-state index contributed by atoms with van der Waals surface area (Å²) in [5.74, 6) is -1.43. The number of hydrogen-bond donors (Lipinski definition) is 1. The van der Waals surface area contributed by atoms with Crippen LogP contribution in [0.3, 0.4) is 0 Å². The van der Waals surface area contributed by atoms with Gasteiger partial charge in [0.1, 0.15) is 0 Å². The monoisotopic (exact) mass is 261 g/mol. The fraction of sp³-hybridized carbons (Fsp3) is 0.417. The zero-order valence-electron chi connectivity index (χ0n) is 9.47. The highest BCUT2D eigenvalue weighted by Gasteiger charge is 2.08. The van der Waals surface area contributed by atoms with Crippen LogP contribution in [0.25, 0.3) is 0 Å². The van der Waals surface area contributed by atoms with Gasteiger partial charge >= 0.3 is 0 Å². The van der Waals surface area contributed by atoms with Gasteiger partial charge < -0.3 is 5.32 Å². The number of benzene rings is 1. The highest BCUT2D eigenvalue weighted by Crippen LogP contribution is 2.09. The van der Waals surface area contributed by atoms with Crippen LogP contribution in [-0.2, 0) is 11.2 Å². The maximum Gasteiger partial charge on any atom is 0.224 e. The molecular weight excluding hydrogens is 248 g/mol. The molecule has 0 radical (unpaired) electrons. The molecule has 2 nitrogen and oxygen atoms in total. The molecule has 1 atom stereocenters. The van der Waals surface area contributed by atoms with Crippen LogP contribution in [0, 0.1) is 17.6 Å². The molecule has 1 aromatic carbocycles. The van der Waals surface area contributed by atoms with Gasteiger partial charge in [-0.1, -0.05) is 13.0 Å². The van der Waals surface area contributed by atoms with Crippen LogP contribution < -0.4 is 5.32 Å². The standard InChI is InChI=1S/C12H14ClF2NO/c1-8(6-13)7-16-12(17)5-9-2-3-10(14)11(15)4-9/h2-4,8H,5-7H2,1H3,(H,16,17). The van der Waals surface area contributed by atoms with E-state index in [0.717, 1.165) is 12.1 Å². The van der Waals surface area contributed by atoms with Crippen LogP contribution in [0.2, 0.25) is 0 Å². The van der Waals surface area contributed by atoms with Crippen LogP contribution in [0.5, 0.6) is 0 Å². The van der Waals surface area contributed by atoms with Crippen molar-refractivity contribution in [2.24, 2.45) is 5.92 Å². The first kappa shape index (κ1) is 13.9. The average molecular weight is 262 g/mol. The van der Waals surface area contributed by atoms with Crippen molar-refractivity contribution in [1.82, 2.24) is 5.32 Å². The van der Waals surface area contributed by atoms with Gasteiger partial charge in [-0.3, -0.25) is 4.79 Å². The number of rotatable bonds is 5. The van der Waals surface area contributed by atoms with Gasteiger partial charge in [0.05, 0.1) is 6.42 Å². The van der Waals surface area contributed by atoms with Crippen molar-refractivity contribution in [3.8, 4) is 0 Å². The van der Waals surface area contributed by atoms with Gasteiger partial charge in [0.2, 0.25) is 5.91 Å². The third kappa shape index (κ3) is 4.69. The van der Waals surface area contributed by atoms with Gasteiger partial charge in [0, 0.05) is 12.4 Å². The Balaban J connectivity index is 2.48. The lowest BCUT2D eigenvalue weighted by atomic mass is 10.1. The van der Waals surface area contributed by atoms with E-state index < -0.39 is 11.6 Å². The van der Waals surface area contributed by atoms with E-state index in [0.29, 0.717) is 18.0 Å². The largest absolute Gasteiger partial charge is 0.356 e. The number of hydrogen-bond acceptors (Lipinski definition) is 1. The average Bonchev–Trinajstić information content (AvgIpc) is 2.31. The Bertz CT molecular complexity index is 398. The molecule has 0 fully saturated rings. The van der Waals surface area contributed by atoms with Crippen molar-refractivity contribution < 1.29 is 13.6 Å². The SMILES string of the molecule is CC(CCl)CNC(=O)Cc1ccc(F)c(F)c1. The number of amides is 1. The normalized spacial score (nSPS) is 12.2. The Kier molecular flexibility index (Phi) is 5.35. The van der Waals surface area contributed by atoms with Crippen LogP contribution in [0.15, 0.2) is 18.2 Å². The van der Waals surface area contributed by atoms with E-state index in [4.69, 9.17) is 11.6 Å². The number of carbonyl (C=O) groups is 1. The third-order valence-electron chi connectivity index (χ3n) is 2.26. The van der Waals surface area contributed by atoms with Gasteiger partial charge in [-0.2, -0.15) is 0 Å². The number of carbonyl (C=O) groups excluding carboxylic acids is 1. The predicted octanol–water partition coefficient (Wildman–Crippen LogP) is 2.50. The third-order valence-corrected chi connectivity index (χ3v) is 2.79. The number of alkyl halides is 1. The molecule has 94 valence electrons. The van der Waals surface area contributed by atoms with E-state index in [9.17, 15) is 13.6 Å². The summed E-state index contributed by atoms with van der Waals surface area (Å²) in [5.41, 5.74) is 0.444. The second-order valence-electron chi connectivity index (χ2n) is 3.99. The second kappa shape index (κ2) is 6.55. The summed E-state index contributed by atoms with van der Waals surface area (Å²) in [5, 5.41) is 2.68. The molecule has 0 aromatic heterocycles. The fourth-order valence-corrected chi connectivity index (χ4v) is 1.35. The molecule has 1 N–H and O–H groups in total. The Labute approximate surface area is 104 Å². The quantitative estimate of drug-likeness (QED) is 0.811. The summed E-state index contributed by atoms with van der Waals surface area (Å²) in [7, 11) is 0. The van der Waals surface area contributed by atoms with Gasteiger partial charge in [0.15, 0.2) is 11.6 Å². The lowest BCUT2D eigenvalue weighted by Gasteiger charge is -2.09. The van der Waals surface area contributed by atoms with E-state index in [2.05, 4.69) is 5.32 Å². The lowest BCUT2D eigenvalue weighted by Crippen LogP contribution is -2.30. The molecule has 0 bridgehead atoms. The summed E-state index contributed by atoms with van der Waals surface area (Å²) in [6.07, 6.45) is 0.0339. The summed E-state index contributed by atoms with van der Waals surface area (Å²) in [6.45, 7) is 2.39. The first-order valence-electron chi connectivity index (χ1n) is 5.29. The van der Waals surface area contributed by atoms with Crippen LogP contribution in [0.1, 0.15) is 12.5 Å². The number of nitrogens with one attached hydrogen (secondary N) is 1. The maximum atomic E-state index is 12.9. The van der Waals surface area contributed by atoms with E-state index >= 15 is 0 Å². The Morgan fingerprint density at radius 3 is 2.71 bits per heavy atom. The fourth-order valence-electron chi connectivity index (χ4n) is 1.24. The smallest absolute Gasteiger partial charge is 0.224 e. The van der Waals surface area contributed by atoms with Crippen molar-refractivity contribution in [3.63, 3.8) is 0 Å². The number of halogens is 3. The zero-order valence-corrected chi connectivity index (χ0v) is 10.2. The molecule has 5 heteroatoms. The van der Waals surface area contributed by atoms with E-state index in [1.54, 1.807) is 0 Å². The molecule has 0 heterocycles. The molecule has 17 heavy (non-hydrogen) atoms. The highest BCUT2D eigenvalue weighted by molar-refractivity contribution is 6.18. The summed E-state index contributed by atoms with van der Waals surface area (Å²) < 4.78 is 25.5. The molecule has 0 aliphatic rings. The van der Waals surface area contributed by atoms with Gasteiger partial charge in [-0.25, -0.2) is 8.78 Å². The molecule has 0 aliphatic heterocycles. The van der Waals surface area contributed by atoms with Crippen LogP contribution in [0.4, 0.5) is 8.78 Å². The summed E-state index contributed by atoms with van der Waals surface area (Å²) in [4.78, 5) is 11.5. The lowest BCUT2D eigenvalue weighted by molar-refractivity contribution is -0.120. The Morgan fingerprint density at radius 1 is 1.41 bits per heavy atom. The molecular formula is C12H14ClF2NO. The van der Waals surface area contributed by atoms with Crippen molar-refractivity contribution in [2.45, 2.75) is 13.3 Å². The maximum absolute atomic E-state index is 12.9. The minimum Gasteiger partial charge on any atom is -0.356 e. The van der Waals surface area contributed by atoms with Crippen molar-refractivity contribution in [2.75, 3.05) is 12.4 Å². The van der Waals surface area contributed by atoms with Gasteiger partial charge in [-0.15, -0.1) is 11.6 Å². The molecule has 0 saturated heterocycles. The van der Waals surface area contributed by atoms with E-state index in [1.807, 2.05) is 6.92 Å². The van der Waals surface area contributed by atoms with Gasteiger partial charge in [0.25, 0.3) is 0 Å². The molecule has 0 saturated carbocycles. The summed E-state index contributed by atoms with van der Waals surface area (Å²) >= 11 is 5.59. The van der Waals surface area contributed by atoms with E-state index in [1.165, 1.54) is 6.07 Å². The molecule has 0 spiro atoms. The Morgan fingerprint density at radius 2 is 2.12 bits per heavy atom. The minimum atomic E-state index is -0.940. The molecule has 0 aliphatic carbocycles. The zero-order chi connectivity index (χ0) is 12.8. The first-order chi connectivity index (χ1) is 8.02. The molecule has 1 unspecified atom stereocenters. The van der Waals surface area contributed by atoms with Crippen LogP contribution >= 0.6 is 11.6 Å². The highest BCUT2D eigenvalue weighted by atomic mass is 35.5. The topological polar surface area (TPSA) is 29.1 Å². The van der Waals surface area contributed by atoms with Crippen molar-refractivity contribution in [1.29, 1.82) is 0 Å². The second-order valence-corrected chi connectivity index (χ2v) is 4.30. The minimum absolute atomic E-state index is 0.0339. The molecule has 1 rings (SSSR count).